The lowest BCUT2D eigenvalue weighted by atomic mass is 10.3. The van der Waals surface area contributed by atoms with Gasteiger partial charge in [0.2, 0.25) is 0 Å². The third-order valence-electron chi connectivity index (χ3n) is 1.33. The van der Waals surface area contributed by atoms with Gasteiger partial charge in [0.15, 0.2) is 0 Å². The second-order valence-electron chi connectivity index (χ2n) is 2.35. The fourth-order valence-electron chi connectivity index (χ4n) is 0.814. The van der Waals surface area contributed by atoms with Crippen LogP contribution in [-0.4, -0.2) is 14.1 Å². The molecule has 0 radical (unpaired) electrons. The molecule has 0 aliphatic heterocycles. The van der Waals surface area contributed by atoms with Crippen molar-refractivity contribution in [3.63, 3.8) is 0 Å². The van der Waals surface area contributed by atoms with Crippen molar-refractivity contribution >= 4 is 34.0 Å². The highest BCUT2D eigenvalue weighted by Gasteiger charge is 1.97. The summed E-state index contributed by atoms with van der Waals surface area (Å²) >= 11 is 3.46. The molecule has 0 amide bonds. The number of benzene rings is 1. The molecule has 0 heterocycles. The number of rotatable bonds is 1. The van der Waals surface area contributed by atoms with Crippen LogP contribution in [0.4, 0.5) is 5.69 Å². The molecular weight excluding hydrogens is 225 g/mol. The highest BCUT2D eigenvalue weighted by Crippen LogP contribution is 2.22. The topological polar surface area (TPSA) is 3.24 Å². The van der Waals surface area contributed by atoms with Gasteiger partial charge in [0.05, 0.1) is 5.69 Å². The van der Waals surface area contributed by atoms with Crippen molar-refractivity contribution in [3.05, 3.63) is 28.7 Å². The Balaban J connectivity index is 0.000001000. The van der Waals surface area contributed by atoms with Gasteiger partial charge in [0, 0.05) is 18.6 Å². The van der Waals surface area contributed by atoms with E-state index in [0.717, 1.165) is 4.47 Å². The standard InChI is InChI=1S/C8H10BrN.ClH/c1-10(2)8-6-4-3-5-7(8)9;/h3-6H,1-2H3;1H. The molecule has 1 aromatic carbocycles. The molecule has 0 saturated carbocycles. The summed E-state index contributed by atoms with van der Waals surface area (Å²) in [4.78, 5) is 2.07. The molecule has 0 saturated heterocycles. The molecule has 11 heavy (non-hydrogen) atoms. The Bertz CT molecular complexity index is 225. The maximum atomic E-state index is 3.46. The lowest BCUT2D eigenvalue weighted by Gasteiger charge is -2.13. The Kier molecular flexibility index (Phi) is 4.54. The Morgan fingerprint density at radius 3 is 2.09 bits per heavy atom. The molecule has 0 unspecified atom stereocenters. The van der Waals surface area contributed by atoms with Crippen molar-refractivity contribution in [1.29, 1.82) is 0 Å². The van der Waals surface area contributed by atoms with Crippen LogP contribution < -0.4 is 4.90 Å². The predicted molar refractivity (Wildman–Crippen MR) is 55.7 cm³/mol. The van der Waals surface area contributed by atoms with Gasteiger partial charge in [0.1, 0.15) is 0 Å². The van der Waals surface area contributed by atoms with Gasteiger partial charge in [-0.2, -0.15) is 0 Å². The summed E-state index contributed by atoms with van der Waals surface area (Å²) in [5, 5.41) is 0. The second-order valence-corrected chi connectivity index (χ2v) is 3.20. The minimum Gasteiger partial charge on any atom is -0.377 e. The first kappa shape index (κ1) is 10.8. The molecule has 0 aliphatic carbocycles. The predicted octanol–water partition coefficient (Wildman–Crippen LogP) is 2.94. The summed E-state index contributed by atoms with van der Waals surface area (Å²) in [7, 11) is 4.06. The summed E-state index contributed by atoms with van der Waals surface area (Å²) < 4.78 is 1.14. The van der Waals surface area contributed by atoms with Crippen molar-refractivity contribution in [1.82, 2.24) is 0 Å². The molecule has 62 valence electrons. The fraction of sp³-hybridized carbons (Fsp3) is 0.250. The third-order valence-corrected chi connectivity index (χ3v) is 2.00. The van der Waals surface area contributed by atoms with E-state index in [-0.39, 0.29) is 12.4 Å². The molecule has 0 bridgehead atoms. The molecule has 0 atom stereocenters. The van der Waals surface area contributed by atoms with E-state index in [0.29, 0.717) is 0 Å². The van der Waals surface area contributed by atoms with Gasteiger partial charge in [-0.1, -0.05) is 12.1 Å². The molecule has 1 rings (SSSR count). The van der Waals surface area contributed by atoms with Crippen molar-refractivity contribution in [2.24, 2.45) is 0 Å². The first-order chi connectivity index (χ1) is 4.72. The average molecular weight is 237 g/mol. The summed E-state index contributed by atoms with van der Waals surface area (Å²) in [5.74, 6) is 0. The highest BCUT2D eigenvalue weighted by atomic mass is 79.9. The van der Waals surface area contributed by atoms with Gasteiger partial charge in [-0.25, -0.2) is 0 Å². The number of hydrogen-bond acceptors (Lipinski definition) is 1. The van der Waals surface area contributed by atoms with Crippen LogP contribution in [0.1, 0.15) is 0 Å². The second kappa shape index (κ2) is 4.62. The van der Waals surface area contributed by atoms with Crippen LogP contribution in [0.3, 0.4) is 0 Å². The van der Waals surface area contributed by atoms with Crippen LogP contribution in [0, 0.1) is 0 Å². The largest absolute Gasteiger partial charge is 0.377 e. The molecule has 0 spiro atoms. The smallest absolute Gasteiger partial charge is 0.0505 e. The van der Waals surface area contributed by atoms with E-state index in [1.807, 2.05) is 32.3 Å². The van der Waals surface area contributed by atoms with E-state index < -0.39 is 0 Å². The Morgan fingerprint density at radius 2 is 1.73 bits per heavy atom. The zero-order valence-electron chi connectivity index (χ0n) is 6.54. The monoisotopic (exact) mass is 235 g/mol. The minimum absolute atomic E-state index is 0. The van der Waals surface area contributed by atoms with Crippen molar-refractivity contribution in [2.45, 2.75) is 0 Å². The lowest BCUT2D eigenvalue weighted by Crippen LogP contribution is -2.08. The lowest BCUT2D eigenvalue weighted by molar-refractivity contribution is 1.12. The zero-order chi connectivity index (χ0) is 7.56. The van der Waals surface area contributed by atoms with Crippen molar-refractivity contribution < 1.29 is 0 Å². The van der Waals surface area contributed by atoms with Crippen molar-refractivity contribution in [3.8, 4) is 0 Å². The summed E-state index contributed by atoms with van der Waals surface area (Å²) in [6, 6.07) is 8.15. The molecule has 0 N–H and O–H groups in total. The van der Waals surface area contributed by atoms with E-state index in [2.05, 4.69) is 26.9 Å². The van der Waals surface area contributed by atoms with E-state index in [9.17, 15) is 0 Å². The van der Waals surface area contributed by atoms with Crippen LogP contribution in [0.5, 0.6) is 0 Å². The Labute approximate surface area is 81.9 Å². The molecule has 1 nitrogen and oxygen atoms in total. The van der Waals surface area contributed by atoms with Crippen LogP contribution in [0.15, 0.2) is 28.7 Å². The van der Waals surface area contributed by atoms with E-state index in [4.69, 9.17) is 0 Å². The Morgan fingerprint density at radius 1 is 1.18 bits per heavy atom. The maximum absolute atomic E-state index is 3.46. The first-order valence-corrected chi connectivity index (χ1v) is 3.93. The average Bonchev–Trinajstić information content (AvgIpc) is 1.88. The number of halogens is 2. The summed E-state index contributed by atoms with van der Waals surface area (Å²) in [6.45, 7) is 0. The van der Waals surface area contributed by atoms with E-state index >= 15 is 0 Å². The van der Waals surface area contributed by atoms with Gasteiger partial charge in [0.25, 0.3) is 0 Å². The van der Waals surface area contributed by atoms with Gasteiger partial charge in [-0.3, -0.25) is 0 Å². The number of para-hydroxylation sites is 1. The maximum Gasteiger partial charge on any atom is 0.0505 e. The van der Waals surface area contributed by atoms with E-state index in [1.54, 1.807) is 0 Å². The van der Waals surface area contributed by atoms with Crippen LogP contribution >= 0.6 is 28.3 Å². The van der Waals surface area contributed by atoms with Crippen molar-refractivity contribution in [2.75, 3.05) is 19.0 Å². The molecule has 3 heteroatoms. The fourth-order valence-corrected chi connectivity index (χ4v) is 1.45. The molecule has 0 aliphatic rings. The normalized spacial score (nSPS) is 8.64. The van der Waals surface area contributed by atoms with Crippen LogP contribution in [0.25, 0.3) is 0 Å². The quantitative estimate of drug-likeness (QED) is 0.725. The zero-order valence-corrected chi connectivity index (χ0v) is 8.95. The minimum atomic E-state index is 0. The third kappa shape index (κ3) is 2.72. The highest BCUT2D eigenvalue weighted by molar-refractivity contribution is 9.10. The number of anilines is 1. The van der Waals surface area contributed by atoms with Crippen LogP contribution in [-0.2, 0) is 0 Å². The molecule has 0 aromatic heterocycles. The SMILES string of the molecule is CN(C)c1ccccc1Br.Cl. The molecule has 1 aromatic rings. The van der Waals surface area contributed by atoms with Gasteiger partial charge >= 0.3 is 0 Å². The summed E-state index contributed by atoms with van der Waals surface area (Å²) in [5.41, 5.74) is 1.21. The molecule has 0 fully saturated rings. The number of hydrogen-bond donors (Lipinski definition) is 0. The Hall–Kier alpha value is -0.210. The first-order valence-electron chi connectivity index (χ1n) is 3.13. The van der Waals surface area contributed by atoms with E-state index in [1.165, 1.54) is 5.69 Å². The van der Waals surface area contributed by atoms with Gasteiger partial charge < -0.3 is 4.90 Å². The van der Waals surface area contributed by atoms with Gasteiger partial charge in [-0.15, -0.1) is 12.4 Å². The molecular formula is C8H11BrClN. The van der Waals surface area contributed by atoms with Crippen LogP contribution in [0.2, 0.25) is 0 Å². The van der Waals surface area contributed by atoms with Gasteiger partial charge in [-0.05, 0) is 28.1 Å². The summed E-state index contributed by atoms with van der Waals surface area (Å²) in [6.07, 6.45) is 0. The number of nitrogens with zero attached hydrogens (tertiary/aromatic N) is 1.